The quantitative estimate of drug-likeness (QED) is 0.855. The van der Waals surface area contributed by atoms with E-state index in [0.717, 1.165) is 12.1 Å². The second-order valence-corrected chi connectivity index (χ2v) is 4.16. The first-order chi connectivity index (χ1) is 9.15. The summed E-state index contributed by atoms with van der Waals surface area (Å²) in [6.07, 6.45) is 2.70. The van der Waals surface area contributed by atoms with Gasteiger partial charge in [0, 0.05) is 6.42 Å². The molecule has 0 aliphatic heterocycles. The molecule has 0 bridgehead atoms. The molecule has 2 rings (SSSR count). The van der Waals surface area contributed by atoms with Crippen LogP contribution in [0.25, 0.3) is 5.69 Å². The van der Waals surface area contributed by atoms with Crippen LogP contribution in [0.4, 0.5) is 5.82 Å². The smallest absolute Gasteiger partial charge is 0.311 e. The predicted octanol–water partition coefficient (Wildman–Crippen LogP) is 2.33. The zero-order valence-electron chi connectivity index (χ0n) is 11.1. The van der Waals surface area contributed by atoms with Crippen LogP contribution in [0, 0.1) is 0 Å². The van der Waals surface area contributed by atoms with Crippen molar-refractivity contribution in [3.8, 4) is 11.4 Å². The van der Waals surface area contributed by atoms with Crippen LogP contribution in [-0.4, -0.2) is 15.7 Å². The number of benzene rings is 1. The molecule has 0 fully saturated rings. The number of anilines is 1. The van der Waals surface area contributed by atoms with Gasteiger partial charge in [0.1, 0.15) is 0 Å². The van der Waals surface area contributed by atoms with Crippen LogP contribution in [0.3, 0.4) is 0 Å². The number of hydrogen-bond donors (Lipinski definition) is 1. The SMILES string of the molecule is CCC(=O)Oc1cnn(-c2cccc(CC)c2)c1N. The number of esters is 1. The second-order valence-electron chi connectivity index (χ2n) is 4.16. The highest BCUT2D eigenvalue weighted by Crippen LogP contribution is 2.24. The van der Waals surface area contributed by atoms with Gasteiger partial charge in [-0.05, 0) is 24.1 Å². The standard InChI is InChI=1S/C14H17N3O2/c1-3-10-6-5-7-11(8-10)17-14(15)12(9-16-17)19-13(18)4-2/h5-9H,3-4,15H2,1-2H3. The number of nitrogens with two attached hydrogens (primary N) is 1. The van der Waals surface area contributed by atoms with Gasteiger partial charge in [0.15, 0.2) is 11.6 Å². The molecule has 0 atom stereocenters. The van der Waals surface area contributed by atoms with E-state index in [9.17, 15) is 4.79 Å². The molecule has 2 N–H and O–H groups in total. The van der Waals surface area contributed by atoms with Crippen LogP contribution in [0.1, 0.15) is 25.8 Å². The molecule has 1 aromatic heterocycles. The number of hydrogen-bond acceptors (Lipinski definition) is 4. The molecule has 0 radical (unpaired) electrons. The largest absolute Gasteiger partial charge is 0.421 e. The summed E-state index contributed by atoms with van der Waals surface area (Å²) in [5, 5.41) is 4.16. The first kappa shape index (κ1) is 13.1. The number of carbonyl (C=O) groups excluding carboxylic acids is 1. The number of rotatable bonds is 4. The maximum atomic E-state index is 11.3. The van der Waals surface area contributed by atoms with Gasteiger partial charge >= 0.3 is 5.97 Å². The molecule has 0 aliphatic rings. The van der Waals surface area contributed by atoms with Crippen molar-refractivity contribution in [3.63, 3.8) is 0 Å². The van der Waals surface area contributed by atoms with E-state index in [1.807, 2.05) is 24.3 Å². The summed E-state index contributed by atoms with van der Waals surface area (Å²) in [5.74, 6) is 0.303. The molecular weight excluding hydrogens is 242 g/mol. The Hall–Kier alpha value is -2.30. The van der Waals surface area contributed by atoms with Crippen molar-refractivity contribution in [1.82, 2.24) is 9.78 Å². The Morgan fingerprint density at radius 2 is 2.21 bits per heavy atom. The minimum atomic E-state index is -0.325. The molecule has 100 valence electrons. The van der Waals surface area contributed by atoms with Crippen molar-refractivity contribution in [1.29, 1.82) is 0 Å². The highest BCUT2D eigenvalue weighted by Gasteiger charge is 2.13. The molecule has 0 saturated carbocycles. The van der Waals surface area contributed by atoms with Crippen LogP contribution < -0.4 is 10.5 Å². The summed E-state index contributed by atoms with van der Waals surface area (Å²) in [6, 6.07) is 7.91. The van der Waals surface area contributed by atoms with E-state index in [4.69, 9.17) is 10.5 Å². The molecular formula is C14H17N3O2. The minimum Gasteiger partial charge on any atom is -0.421 e. The lowest BCUT2D eigenvalue weighted by Crippen LogP contribution is -2.08. The number of aromatic nitrogens is 2. The fourth-order valence-electron chi connectivity index (χ4n) is 1.73. The van der Waals surface area contributed by atoms with Crippen LogP contribution in [-0.2, 0) is 11.2 Å². The van der Waals surface area contributed by atoms with Gasteiger partial charge in [-0.2, -0.15) is 5.10 Å². The van der Waals surface area contributed by atoms with E-state index in [-0.39, 0.29) is 5.97 Å². The summed E-state index contributed by atoms with van der Waals surface area (Å²) < 4.78 is 6.67. The third-order valence-electron chi connectivity index (χ3n) is 2.85. The lowest BCUT2D eigenvalue weighted by atomic mass is 10.1. The van der Waals surface area contributed by atoms with Crippen molar-refractivity contribution in [2.45, 2.75) is 26.7 Å². The van der Waals surface area contributed by atoms with E-state index in [0.29, 0.717) is 18.0 Å². The van der Waals surface area contributed by atoms with E-state index in [1.54, 1.807) is 11.6 Å². The minimum absolute atomic E-state index is 0.300. The van der Waals surface area contributed by atoms with Gasteiger partial charge in [0.05, 0.1) is 11.9 Å². The molecule has 0 unspecified atom stereocenters. The number of nitrogen functional groups attached to an aromatic ring is 1. The lowest BCUT2D eigenvalue weighted by molar-refractivity contribution is -0.133. The molecule has 0 spiro atoms. The van der Waals surface area contributed by atoms with Gasteiger partial charge in [-0.1, -0.05) is 26.0 Å². The van der Waals surface area contributed by atoms with Crippen LogP contribution in [0.5, 0.6) is 5.75 Å². The zero-order valence-corrected chi connectivity index (χ0v) is 11.1. The lowest BCUT2D eigenvalue weighted by Gasteiger charge is -2.06. The molecule has 2 aromatic rings. The van der Waals surface area contributed by atoms with Crippen LogP contribution in [0.15, 0.2) is 30.5 Å². The van der Waals surface area contributed by atoms with E-state index in [2.05, 4.69) is 12.0 Å². The van der Waals surface area contributed by atoms with Gasteiger partial charge in [0.25, 0.3) is 0 Å². The summed E-state index contributed by atoms with van der Waals surface area (Å²) in [4.78, 5) is 11.3. The summed E-state index contributed by atoms with van der Waals surface area (Å²) >= 11 is 0. The third kappa shape index (κ3) is 2.76. The third-order valence-corrected chi connectivity index (χ3v) is 2.85. The molecule has 19 heavy (non-hydrogen) atoms. The van der Waals surface area contributed by atoms with Gasteiger partial charge in [0.2, 0.25) is 0 Å². The molecule has 0 saturated heterocycles. The Morgan fingerprint density at radius 1 is 1.42 bits per heavy atom. The Labute approximate surface area is 112 Å². The Bertz CT molecular complexity index is 590. The predicted molar refractivity (Wildman–Crippen MR) is 73.3 cm³/mol. The van der Waals surface area contributed by atoms with Crippen molar-refractivity contribution in [2.75, 3.05) is 5.73 Å². The second kappa shape index (κ2) is 5.56. The van der Waals surface area contributed by atoms with Gasteiger partial charge in [-0.25, -0.2) is 4.68 Å². The molecule has 1 heterocycles. The van der Waals surface area contributed by atoms with Crippen molar-refractivity contribution in [2.24, 2.45) is 0 Å². The van der Waals surface area contributed by atoms with Crippen molar-refractivity contribution < 1.29 is 9.53 Å². The van der Waals surface area contributed by atoms with Crippen molar-refractivity contribution in [3.05, 3.63) is 36.0 Å². The first-order valence-electron chi connectivity index (χ1n) is 6.29. The number of carbonyl (C=O) groups is 1. The van der Waals surface area contributed by atoms with Gasteiger partial charge in [-0.15, -0.1) is 0 Å². The Balaban J connectivity index is 2.33. The number of aryl methyl sites for hydroxylation is 1. The monoisotopic (exact) mass is 259 g/mol. The topological polar surface area (TPSA) is 70.1 Å². The Morgan fingerprint density at radius 3 is 2.89 bits per heavy atom. The normalized spacial score (nSPS) is 10.4. The average Bonchev–Trinajstić information content (AvgIpc) is 2.80. The average molecular weight is 259 g/mol. The van der Waals surface area contributed by atoms with Crippen LogP contribution >= 0.6 is 0 Å². The zero-order chi connectivity index (χ0) is 13.8. The highest BCUT2D eigenvalue weighted by molar-refractivity contribution is 5.73. The summed E-state index contributed by atoms with van der Waals surface area (Å²) in [5.41, 5.74) is 8.00. The molecule has 1 aromatic carbocycles. The summed E-state index contributed by atoms with van der Waals surface area (Å²) in [7, 11) is 0. The molecule has 0 aliphatic carbocycles. The van der Waals surface area contributed by atoms with Gasteiger partial charge < -0.3 is 10.5 Å². The number of nitrogens with zero attached hydrogens (tertiary/aromatic N) is 2. The summed E-state index contributed by atoms with van der Waals surface area (Å²) in [6.45, 7) is 3.81. The maximum absolute atomic E-state index is 11.3. The number of ether oxygens (including phenoxy) is 1. The highest BCUT2D eigenvalue weighted by atomic mass is 16.5. The molecule has 0 amide bonds. The fourth-order valence-corrected chi connectivity index (χ4v) is 1.73. The molecule has 5 heteroatoms. The van der Waals surface area contributed by atoms with E-state index < -0.39 is 0 Å². The van der Waals surface area contributed by atoms with E-state index >= 15 is 0 Å². The first-order valence-corrected chi connectivity index (χ1v) is 6.29. The molecule has 5 nitrogen and oxygen atoms in total. The van der Waals surface area contributed by atoms with Crippen molar-refractivity contribution >= 4 is 11.8 Å². The Kier molecular flexibility index (Phi) is 3.85. The maximum Gasteiger partial charge on any atom is 0.311 e. The van der Waals surface area contributed by atoms with Crippen LogP contribution in [0.2, 0.25) is 0 Å². The van der Waals surface area contributed by atoms with E-state index in [1.165, 1.54) is 11.8 Å². The van der Waals surface area contributed by atoms with Gasteiger partial charge in [-0.3, -0.25) is 4.79 Å². The fraction of sp³-hybridized carbons (Fsp3) is 0.286.